The van der Waals surface area contributed by atoms with Gasteiger partial charge in [0.1, 0.15) is 11.0 Å². The molecule has 0 unspecified atom stereocenters. The van der Waals surface area contributed by atoms with Crippen molar-refractivity contribution in [1.82, 2.24) is 19.9 Å². The Morgan fingerprint density at radius 2 is 2.10 bits per heavy atom. The summed E-state index contributed by atoms with van der Waals surface area (Å²) in [6.45, 7) is 6.46. The number of amides is 1. The molecule has 2 aromatic heterocycles. The number of nitrogens with one attached hydrogen (secondary N) is 1. The molecule has 0 radical (unpaired) electrons. The Bertz CT molecular complexity index is 658. The number of hydrogen-bond acceptors (Lipinski definition) is 3. The van der Waals surface area contributed by atoms with Gasteiger partial charge in [-0.05, 0) is 12.1 Å². The molecule has 1 N–H and O–H groups in total. The average Bonchev–Trinajstić information content (AvgIpc) is 2.79. The van der Waals surface area contributed by atoms with Gasteiger partial charge in [0, 0.05) is 36.1 Å². The summed E-state index contributed by atoms with van der Waals surface area (Å²) >= 11 is 6.02. The van der Waals surface area contributed by atoms with Crippen LogP contribution in [0.3, 0.4) is 0 Å². The van der Waals surface area contributed by atoms with Gasteiger partial charge >= 0.3 is 0 Å². The maximum atomic E-state index is 12.2. The molecule has 0 aliphatic heterocycles. The summed E-state index contributed by atoms with van der Waals surface area (Å²) < 4.78 is 1.86. The summed E-state index contributed by atoms with van der Waals surface area (Å²) in [4.78, 5) is 20.7. The van der Waals surface area contributed by atoms with Crippen LogP contribution in [-0.4, -0.2) is 20.4 Å². The molecule has 0 fully saturated rings. The van der Waals surface area contributed by atoms with Gasteiger partial charge in [0.15, 0.2) is 0 Å². The number of carbonyl (C=O) groups excluding carboxylic acids is 1. The van der Waals surface area contributed by atoms with Gasteiger partial charge in [-0.2, -0.15) is 0 Å². The molecule has 0 aliphatic carbocycles. The fraction of sp³-hybridized carbons (Fsp3) is 0.400. The molecule has 6 heteroatoms. The summed E-state index contributed by atoms with van der Waals surface area (Å²) in [6.07, 6.45) is 3.53. The van der Waals surface area contributed by atoms with Crippen LogP contribution in [0.1, 0.15) is 42.6 Å². The maximum absolute atomic E-state index is 12.2. The third kappa shape index (κ3) is 3.82. The predicted molar refractivity (Wildman–Crippen MR) is 82.3 cm³/mol. The van der Waals surface area contributed by atoms with Gasteiger partial charge in [0.05, 0.1) is 6.54 Å². The van der Waals surface area contributed by atoms with Gasteiger partial charge in [0.25, 0.3) is 5.91 Å². The normalized spacial score (nSPS) is 11.5. The number of rotatable bonds is 3. The third-order valence-corrected chi connectivity index (χ3v) is 3.35. The van der Waals surface area contributed by atoms with E-state index < -0.39 is 0 Å². The molecule has 0 aliphatic rings. The van der Waals surface area contributed by atoms with E-state index in [2.05, 4.69) is 15.3 Å². The van der Waals surface area contributed by atoms with E-state index in [4.69, 9.17) is 11.6 Å². The largest absolute Gasteiger partial charge is 0.345 e. The van der Waals surface area contributed by atoms with Crippen molar-refractivity contribution in [3.63, 3.8) is 0 Å². The van der Waals surface area contributed by atoms with Gasteiger partial charge in [-0.1, -0.05) is 32.4 Å². The Morgan fingerprint density at radius 1 is 1.38 bits per heavy atom. The number of carbonyl (C=O) groups is 1. The summed E-state index contributed by atoms with van der Waals surface area (Å²) in [5.41, 5.74) is 1.13. The minimum atomic E-state index is -0.187. The highest BCUT2D eigenvalue weighted by Gasteiger charge is 2.19. The first kappa shape index (κ1) is 15.5. The lowest BCUT2D eigenvalue weighted by Gasteiger charge is -2.18. The molecule has 112 valence electrons. The Kier molecular flexibility index (Phi) is 4.32. The van der Waals surface area contributed by atoms with Gasteiger partial charge in [0.2, 0.25) is 0 Å². The number of imidazole rings is 1. The Balaban J connectivity index is 2.16. The van der Waals surface area contributed by atoms with Crippen molar-refractivity contribution >= 4 is 17.5 Å². The molecule has 0 spiro atoms. The SMILES string of the molecule is Cn1ccnc1CNC(=O)c1cc(Cl)nc(C(C)(C)C)c1. The Hall–Kier alpha value is -1.88. The molecule has 1 amide bonds. The number of hydrogen-bond donors (Lipinski definition) is 1. The van der Waals surface area contributed by atoms with E-state index in [1.165, 1.54) is 0 Å². The summed E-state index contributed by atoms with van der Waals surface area (Å²) in [5.74, 6) is 0.604. The average molecular weight is 307 g/mol. The lowest BCUT2D eigenvalue weighted by molar-refractivity contribution is 0.0949. The number of pyridine rings is 1. The monoisotopic (exact) mass is 306 g/mol. The minimum absolute atomic E-state index is 0.167. The quantitative estimate of drug-likeness (QED) is 0.887. The first-order chi connectivity index (χ1) is 9.77. The van der Waals surface area contributed by atoms with E-state index in [9.17, 15) is 4.79 Å². The highest BCUT2D eigenvalue weighted by molar-refractivity contribution is 6.29. The molecule has 0 saturated heterocycles. The zero-order chi connectivity index (χ0) is 15.6. The van der Waals surface area contributed by atoms with Crippen molar-refractivity contribution in [2.45, 2.75) is 32.7 Å². The molecule has 0 aromatic carbocycles. The zero-order valence-electron chi connectivity index (χ0n) is 12.6. The number of nitrogens with zero attached hydrogens (tertiary/aromatic N) is 3. The summed E-state index contributed by atoms with van der Waals surface area (Å²) in [7, 11) is 1.88. The van der Waals surface area contributed by atoms with Crippen LogP contribution in [-0.2, 0) is 19.0 Å². The third-order valence-electron chi connectivity index (χ3n) is 3.15. The van der Waals surface area contributed by atoms with Gasteiger partial charge < -0.3 is 9.88 Å². The lowest BCUT2D eigenvalue weighted by Crippen LogP contribution is -2.25. The Morgan fingerprint density at radius 3 is 2.67 bits per heavy atom. The standard InChI is InChI=1S/C15H19ClN4O/c1-15(2,3)11-7-10(8-12(16)19-11)14(21)18-9-13-17-5-6-20(13)4/h5-8H,9H2,1-4H3,(H,18,21). The van der Waals surface area contributed by atoms with Gasteiger partial charge in [-0.15, -0.1) is 0 Å². The van der Waals surface area contributed by atoms with Crippen molar-refractivity contribution < 1.29 is 4.79 Å². The molecule has 2 heterocycles. The highest BCUT2D eigenvalue weighted by Crippen LogP contribution is 2.23. The van der Waals surface area contributed by atoms with Crippen molar-refractivity contribution in [1.29, 1.82) is 0 Å². The second-order valence-electron chi connectivity index (χ2n) is 5.95. The van der Waals surface area contributed by atoms with Crippen LogP contribution >= 0.6 is 11.6 Å². The summed E-state index contributed by atoms with van der Waals surface area (Å²) in [6, 6.07) is 3.35. The number of aryl methyl sites for hydroxylation is 1. The smallest absolute Gasteiger partial charge is 0.251 e. The number of aromatic nitrogens is 3. The highest BCUT2D eigenvalue weighted by atomic mass is 35.5. The van der Waals surface area contributed by atoms with Crippen molar-refractivity contribution in [2.24, 2.45) is 7.05 Å². The van der Waals surface area contributed by atoms with E-state index >= 15 is 0 Å². The van der Waals surface area contributed by atoms with Gasteiger partial charge in [-0.25, -0.2) is 9.97 Å². The van der Waals surface area contributed by atoms with E-state index in [1.807, 2.05) is 38.6 Å². The van der Waals surface area contributed by atoms with E-state index in [0.717, 1.165) is 11.5 Å². The molecule has 0 saturated carbocycles. The van der Waals surface area contributed by atoms with Crippen LogP contribution in [0.25, 0.3) is 0 Å². The molecule has 2 aromatic rings. The molecule has 0 atom stereocenters. The molecule has 5 nitrogen and oxygen atoms in total. The Labute approximate surface area is 129 Å². The van der Waals surface area contributed by atoms with Crippen LogP contribution < -0.4 is 5.32 Å². The van der Waals surface area contributed by atoms with Crippen molar-refractivity contribution in [3.05, 3.63) is 46.8 Å². The van der Waals surface area contributed by atoms with Gasteiger partial charge in [-0.3, -0.25) is 4.79 Å². The zero-order valence-corrected chi connectivity index (χ0v) is 13.4. The second-order valence-corrected chi connectivity index (χ2v) is 6.34. The van der Waals surface area contributed by atoms with E-state index in [0.29, 0.717) is 17.3 Å². The molecule has 21 heavy (non-hydrogen) atoms. The fourth-order valence-electron chi connectivity index (χ4n) is 1.84. The first-order valence-electron chi connectivity index (χ1n) is 6.70. The molecular formula is C15H19ClN4O. The van der Waals surface area contributed by atoms with E-state index in [1.54, 1.807) is 18.3 Å². The second kappa shape index (κ2) is 5.85. The topological polar surface area (TPSA) is 59.8 Å². The first-order valence-corrected chi connectivity index (χ1v) is 7.07. The molecule has 0 bridgehead atoms. The minimum Gasteiger partial charge on any atom is -0.345 e. The van der Waals surface area contributed by atoms with Crippen LogP contribution in [0, 0.1) is 0 Å². The van der Waals surface area contributed by atoms with Crippen LogP contribution in [0.5, 0.6) is 0 Å². The predicted octanol–water partition coefficient (Wildman–Crippen LogP) is 2.70. The summed E-state index contributed by atoms with van der Waals surface area (Å²) in [5, 5.41) is 3.16. The molecule has 2 rings (SSSR count). The van der Waals surface area contributed by atoms with Crippen LogP contribution in [0.2, 0.25) is 5.15 Å². The van der Waals surface area contributed by atoms with Crippen molar-refractivity contribution in [3.8, 4) is 0 Å². The van der Waals surface area contributed by atoms with Crippen molar-refractivity contribution in [2.75, 3.05) is 0 Å². The van der Waals surface area contributed by atoms with Crippen LogP contribution in [0.4, 0.5) is 0 Å². The van der Waals surface area contributed by atoms with E-state index in [-0.39, 0.29) is 11.3 Å². The van der Waals surface area contributed by atoms with Crippen LogP contribution in [0.15, 0.2) is 24.5 Å². The number of halogens is 1. The molecular weight excluding hydrogens is 288 g/mol. The fourth-order valence-corrected chi connectivity index (χ4v) is 2.05. The lowest BCUT2D eigenvalue weighted by atomic mass is 9.91. The maximum Gasteiger partial charge on any atom is 0.251 e.